The van der Waals surface area contributed by atoms with Gasteiger partial charge < -0.3 is 10.7 Å². The second kappa shape index (κ2) is 5.64. The Morgan fingerprint density at radius 2 is 2.25 bits per heavy atom. The van der Waals surface area contributed by atoms with Crippen LogP contribution in [0.25, 0.3) is 10.9 Å². The number of fused-ring (bicyclic) bond motifs is 1. The van der Waals surface area contributed by atoms with Crippen molar-refractivity contribution in [1.29, 1.82) is 0 Å². The van der Waals surface area contributed by atoms with Gasteiger partial charge >= 0.3 is 0 Å². The highest BCUT2D eigenvalue weighted by molar-refractivity contribution is 5.85. The summed E-state index contributed by atoms with van der Waals surface area (Å²) < 4.78 is 0. The topological polar surface area (TPSA) is 71.4 Å². The van der Waals surface area contributed by atoms with Crippen molar-refractivity contribution in [2.45, 2.75) is 25.3 Å². The third kappa shape index (κ3) is 2.55. The van der Waals surface area contributed by atoms with Crippen LogP contribution in [0.4, 0.5) is 0 Å². The van der Waals surface area contributed by atoms with E-state index in [0.29, 0.717) is 19.6 Å². The molecule has 0 unspecified atom stereocenters. The lowest BCUT2D eigenvalue weighted by Gasteiger charge is -2.28. The predicted molar refractivity (Wildman–Crippen MR) is 76.9 cm³/mol. The van der Waals surface area contributed by atoms with Crippen molar-refractivity contribution in [3.63, 3.8) is 0 Å². The molecule has 106 valence electrons. The quantitative estimate of drug-likeness (QED) is 0.892. The van der Waals surface area contributed by atoms with E-state index in [9.17, 15) is 4.79 Å². The summed E-state index contributed by atoms with van der Waals surface area (Å²) in [5, 5.41) is 2.54. The number of hydrogen-bond donors (Lipinski definition) is 2. The number of aromatic nitrogens is 1. The zero-order chi connectivity index (χ0) is 13.9. The molecule has 3 rings (SSSR count). The lowest BCUT2D eigenvalue weighted by molar-refractivity contribution is -0.198. The Morgan fingerprint density at radius 3 is 3.05 bits per heavy atom. The maximum Gasteiger partial charge on any atom is 0.263 e. The number of nitrogens with one attached hydrogen (secondary N) is 1. The van der Waals surface area contributed by atoms with Gasteiger partial charge in [0.15, 0.2) is 0 Å². The highest BCUT2D eigenvalue weighted by Crippen LogP contribution is 2.19. The van der Waals surface area contributed by atoms with E-state index in [1.54, 1.807) is 0 Å². The van der Waals surface area contributed by atoms with Crippen LogP contribution in [0.5, 0.6) is 0 Å². The number of carbonyl (C=O) groups excluding carboxylic acids is 1. The van der Waals surface area contributed by atoms with E-state index in [2.05, 4.69) is 4.98 Å². The number of carbonyl (C=O) groups is 1. The van der Waals surface area contributed by atoms with Gasteiger partial charge in [-0.05, 0) is 30.9 Å². The summed E-state index contributed by atoms with van der Waals surface area (Å²) in [6, 6.07) is 7.46. The van der Waals surface area contributed by atoms with Crippen LogP contribution in [-0.4, -0.2) is 35.1 Å². The number of nitrogens with zero attached hydrogens (tertiary/aromatic N) is 1. The molecule has 1 saturated heterocycles. The maximum absolute atomic E-state index is 12.2. The SMILES string of the molecule is N[C@@H](Cc1c[nH]c2ccccc12)C(=O)N1CCCCO1. The third-order valence-electron chi connectivity index (χ3n) is 3.68. The van der Waals surface area contributed by atoms with Gasteiger partial charge in [0.25, 0.3) is 5.91 Å². The molecule has 1 aliphatic heterocycles. The number of benzene rings is 1. The van der Waals surface area contributed by atoms with E-state index < -0.39 is 6.04 Å². The Hall–Kier alpha value is -1.85. The van der Waals surface area contributed by atoms with E-state index in [-0.39, 0.29) is 5.91 Å². The van der Waals surface area contributed by atoms with Crippen LogP contribution in [0.1, 0.15) is 18.4 Å². The lowest BCUT2D eigenvalue weighted by Crippen LogP contribution is -2.46. The molecule has 5 nitrogen and oxygen atoms in total. The standard InChI is InChI=1S/C15H19N3O2/c16-13(15(19)18-7-3-4-8-20-18)9-11-10-17-14-6-2-1-5-12(11)14/h1-2,5-6,10,13,17H,3-4,7-9,16H2/t13-/m0/s1. The van der Waals surface area contributed by atoms with Gasteiger partial charge in [-0.15, -0.1) is 0 Å². The van der Waals surface area contributed by atoms with E-state index in [4.69, 9.17) is 10.6 Å². The van der Waals surface area contributed by atoms with Gasteiger partial charge in [0.2, 0.25) is 0 Å². The Bertz CT molecular complexity index is 602. The van der Waals surface area contributed by atoms with Gasteiger partial charge in [0.1, 0.15) is 0 Å². The van der Waals surface area contributed by atoms with Gasteiger partial charge in [-0.2, -0.15) is 0 Å². The number of aromatic amines is 1. The number of H-pyrrole nitrogens is 1. The number of para-hydroxylation sites is 1. The Labute approximate surface area is 117 Å². The molecule has 1 atom stereocenters. The van der Waals surface area contributed by atoms with Crippen LogP contribution in [0.3, 0.4) is 0 Å². The predicted octanol–water partition coefficient (Wildman–Crippen LogP) is 1.59. The first-order chi connectivity index (χ1) is 9.75. The van der Waals surface area contributed by atoms with Crippen LogP contribution in [0.2, 0.25) is 0 Å². The largest absolute Gasteiger partial charge is 0.361 e. The minimum absolute atomic E-state index is 0.130. The molecule has 0 aliphatic carbocycles. The Kier molecular flexibility index (Phi) is 3.71. The van der Waals surface area contributed by atoms with Crippen molar-refractivity contribution >= 4 is 16.8 Å². The van der Waals surface area contributed by atoms with Gasteiger partial charge in [0.05, 0.1) is 12.6 Å². The molecule has 1 aromatic carbocycles. The minimum atomic E-state index is -0.563. The van der Waals surface area contributed by atoms with Crippen molar-refractivity contribution in [3.05, 3.63) is 36.0 Å². The number of rotatable bonds is 3. The van der Waals surface area contributed by atoms with Gasteiger partial charge in [-0.25, -0.2) is 5.06 Å². The van der Waals surface area contributed by atoms with E-state index in [1.165, 1.54) is 5.06 Å². The lowest BCUT2D eigenvalue weighted by atomic mass is 10.0. The minimum Gasteiger partial charge on any atom is -0.361 e. The first-order valence-corrected chi connectivity index (χ1v) is 7.00. The molecule has 20 heavy (non-hydrogen) atoms. The molecular formula is C15H19N3O2. The van der Waals surface area contributed by atoms with Crippen LogP contribution in [0.15, 0.2) is 30.5 Å². The molecule has 0 bridgehead atoms. The molecule has 1 fully saturated rings. The maximum atomic E-state index is 12.2. The molecule has 0 radical (unpaired) electrons. The summed E-state index contributed by atoms with van der Waals surface area (Å²) >= 11 is 0. The summed E-state index contributed by atoms with van der Waals surface area (Å²) in [7, 11) is 0. The fourth-order valence-electron chi connectivity index (χ4n) is 2.58. The average Bonchev–Trinajstić information content (AvgIpc) is 2.91. The molecule has 1 aliphatic rings. The molecule has 1 amide bonds. The van der Waals surface area contributed by atoms with Crippen LogP contribution >= 0.6 is 0 Å². The molecule has 2 aromatic rings. The summed E-state index contributed by atoms with van der Waals surface area (Å²) in [5.41, 5.74) is 8.18. The van der Waals surface area contributed by atoms with Crippen molar-refractivity contribution in [2.75, 3.05) is 13.2 Å². The van der Waals surface area contributed by atoms with E-state index >= 15 is 0 Å². The summed E-state index contributed by atoms with van der Waals surface area (Å²) in [5.74, 6) is -0.130. The smallest absolute Gasteiger partial charge is 0.263 e. The number of amides is 1. The van der Waals surface area contributed by atoms with Crippen LogP contribution in [-0.2, 0) is 16.1 Å². The molecule has 0 saturated carbocycles. The van der Waals surface area contributed by atoms with Crippen LogP contribution in [0, 0.1) is 0 Å². The average molecular weight is 273 g/mol. The molecule has 2 heterocycles. The first-order valence-electron chi connectivity index (χ1n) is 7.00. The van der Waals surface area contributed by atoms with Crippen molar-refractivity contribution in [2.24, 2.45) is 5.73 Å². The van der Waals surface area contributed by atoms with Crippen molar-refractivity contribution < 1.29 is 9.63 Å². The second-order valence-electron chi connectivity index (χ2n) is 5.15. The Morgan fingerprint density at radius 1 is 1.40 bits per heavy atom. The third-order valence-corrected chi connectivity index (χ3v) is 3.68. The summed E-state index contributed by atoms with van der Waals surface area (Å²) in [4.78, 5) is 20.8. The first kappa shape index (κ1) is 13.1. The van der Waals surface area contributed by atoms with Crippen molar-refractivity contribution in [1.82, 2.24) is 10.0 Å². The molecule has 5 heteroatoms. The fraction of sp³-hybridized carbons (Fsp3) is 0.400. The Balaban J connectivity index is 1.71. The fourth-order valence-corrected chi connectivity index (χ4v) is 2.58. The second-order valence-corrected chi connectivity index (χ2v) is 5.15. The molecule has 1 aromatic heterocycles. The van der Waals surface area contributed by atoms with E-state index in [0.717, 1.165) is 29.3 Å². The highest BCUT2D eigenvalue weighted by Gasteiger charge is 2.24. The monoisotopic (exact) mass is 273 g/mol. The van der Waals surface area contributed by atoms with Crippen LogP contribution < -0.4 is 5.73 Å². The summed E-state index contributed by atoms with van der Waals surface area (Å²) in [6.07, 6.45) is 4.42. The van der Waals surface area contributed by atoms with Crippen molar-refractivity contribution in [3.8, 4) is 0 Å². The normalized spacial score (nSPS) is 17.4. The zero-order valence-electron chi connectivity index (χ0n) is 11.3. The van der Waals surface area contributed by atoms with Gasteiger partial charge in [-0.3, -0.25) is 9.63 Å². The number of hydroxylamine groups is 2. The number of hydrogen-bond acceptors (Lipinski definition) is 3. The van der Waals surface area contributed by atoms with Gasteiger partial charge in [-0.1, -0.05) is 18.2 Å². The van der Waals surface area contributed by atoms with E-state index in [1.807, 2.05) is 30.5 Å². The zero-order valence-corrected chi connectivity index (χ0v) is 11.3. The summed E-state index contributed by atoms with van der Waals surface area (Å²) in [6.45, 7) is 1.24. The molecular weight excluding hydrogens is 254 g/mol. The molecule has 3 N–H and O–H groups in total. The van der Waals surface area contributed by atoms with Gasteiger partial charge in [0, 0.05) is 23.6 Å². The number of nitrogens with two attached hydrogens (primary N) is 1. The highest BCUT2D eigenvalue weighted by atomic mass is 16.7. The molecule has 0 spiro atoms.